The van der Waals surface area contributed by atoms with Gasteiger partial charge in [0.05, 0.1) is 4.34 Å². The second-order valence-electron chi connectivity index (χ2n) is 2.50. The highest BCUT2D eigenvalue weighted by atomic mass is 35.5. The van der Waals surface area contributed by atoms with Gasteiger partial charge in [-0.15, -0.1) is 24.0 Å². The molecule has 0 fully saturated rings. The maximum Gasteiger partial charge on any atom is 0.0941 e. The Kier molecular flexibility index (Phi) is 1.94. The number of rotatable bonds is 0. The first-order valence-corrected chi connectivity index (χ1v) is 4.98. The van der Waals surface area contributed by atoms with Gasteiger partial charge in [-0.25, -0.2) is 0 Å². The number of nitrogen functional groups attached to an aromatic ring is 1. The van der Waals surface area contributed by atoms with Gasteiger partial charge < -0.3 is 5.73 Å². The number of hydrogen-bond acceptors (Lipinski definition) is 3. The summed E-state index contributed by atoms with van der Waals surface area (Å²) in [4.78, 5) is 0.883. The fraction of sp³-hybridized carbons (Fsp3) is 0. The molecule has 1 heterocycles. The Labute approximate surface area is 84.6 Å². The molecule has 4 heteroatoms. The van der Waals surface area contributed by atoms with Crippen LogP contribution in [0.1, 0.15) is 0 Å². The summed E-state index contributed by atoms with van der Waals surface area (Å²) in [6.07, 6.45) is 0. The number of halogens is 1. The molecule has 0 atom stereocenters. The summed E-state index contributed by atoms with van der Waals surface area (Å²) in [6.45, 7) is 0. The van der Waals surface area contributed by atoms with Crippen molar-refractivity contribution in [1.29, 1.82) is 0 Å². The van der Waals surface area contributed by atoms with E-state index in [0.29, 0.717) is 0 Å². The first kappa shape index (κ1) is 8.23. The molecular weight excluding hydrogens is 210 g/mol. The lowest BCUT2D eigenvalue weighted by atomic mass is 10.2. The van der Waals surface area contributed by atoms with Crippen LogP contribution in [0.3, 0.4) is 0 Å². The molecule has 1 aromatic heterocycles. The molecule has 1 aromatic carbocycles. The van der Waals surface area contributed by atoms with Gasteiger partial charge in [0.1, 0.15) is 0 Å². The molecule has 0 amide bonds. The van der Waals surface area contributed by atoms with Gasteiger partial charge in [-0.2, -0.15) is 0 Å². The summed E-state index contributed by atoms with van der Waals surface area (Å²) >= 11 is 11.7. The van der Waals surface area contributed by atoms with Crippen molar-refractivity contribution in [2.24, 2.45) is 0 Å². The summed E-state index contributed by atoms with van der Waals surface area (Å²) < 4.78 is 1.86. The number of benzene rings is 1. The zero-order valence-corrected chi connectivity index (χ0v) is 8.51. The lowest BCUT2D eigenvalue weighted by Gasteiger charge is -1.96. The SMILES string of the molecule is Nc1cc(S)c2cc(Cl)sc2c1. The molecular formula is C8H6ClNS2. The summed E-state index contributed by atoms with van der Waals surface area (Å²) in [7, 11) is 0. The molecule has 0 aliphatic heterocycles. The molecule has 0 saturated heterocycles. The van der Waals surface area contributed by atoms with E-state index in [9.17, 15) is 0 Å². The number of thiophene rings is 1. The van der Waals surface area contributed by atoms with Crippen LogP contribution in [0.25, 0.3) is 10.1 Å². The Morgan fingerprint density at radius 3 is 2.83 bits per heavy atom. The van der Waals surface area contributed by atoms with Crippen LogP contribution in [0.5, 0.6) is 0 Å². The van der Waals surface area contributed by atoms with E-state index in [2.05, 4.69) is 12.6 Å². The van der Waals surface area contributed by atoms with Gasteiger partial charge in [0.25, 0.3) is 0 Å². The lowest BCUT2D eigenvalue weighted by molar-refractivity contribution is 1.58. The van der Waals surface area contributed by atoms with Gasteiger partial charge in [0.2, 0.25) is 0 Å². The first-order chi connectivity index (χ1) is 5.66. The molecule has 0 radical (unpaired) electrons. The minimum Gasteiger partial charge on any atom is -0.399 e. The Hall–Kier alpha value is -0.380. The zero-order valence-electron chi connectivity index (χ0n) is 6.04. The highest BCUT2D eigenvalue weighted by Gasteiger charge is 2.03. The first-order valence-electron chi connectivity index (χ1n) is 3.34. The summed E-state index contributed by atoms with van der Waals surface area (Å²) in [5.41, 5.74) is 6.38. The third-order valence-corrected chi connectivity index (χ3v) is 3.19. The summed E-state index contributed by atoms with van der Waals surface area (Å²) in [5.74, 6) is 0. The van der Waals surface area contributed by atoms with Crippen molar-refractivity contribution in [3.8, 4) is 0 Å². The number of anilines is 1. The third kappa shape index (κ3) is 1.28. The molecule has 2 rings (SSSR count). The van der Waals surface area contributed by atoms with Crippen LogP contribution >= 0.6 is 35.6 Å². The normalized spacial score (nSPS) is 10.8. The van der Waals surface area contributed by atoms with E-state index in [-0.39, 0.29) is 0 Å². The van der Waals surface area contributed by atoms with Crippen LogP contribution in [-0.4, -0.2) is 0 Å². The van der Waals surface area contributed by atoms with Gasteiger partial charge in [-0.3, -0.25) is 0 Å². The van der Waals surface area contributed by atoms with E-state index in [1.54, 1.807) is 0 Å². The van der Waals surface area contributed by atoms with Gasteiger partial charge in [0, 0.05) is 20.7 Å². The Morgan fingerprint density at radius 2 is 2.08 bits per heavy atom. The van der Waals surface area contributed by atoms with Gasteiger partial charge >= 0.3 is 0 Å². The van der Waals surface area contributed by atoms with Crippen LogP contribution in [-0.2, 0) is 0 Å². The number of hydrogen-bond donors (Lipinski definition) is 2. The van der Waals surface area contributed by atoms with Crippen LogP contribution in [0, 0.1) is 0 Å². The molecule has 12 heavy (non-hydrogen) atoms. The van der Waals surface area contributed by atoms with Gasteiger partial charge in [0.15, 0.2) is 0 Å². The smallest absolute Gasteiger partial charge is 0.0941 e. The van der Waals surface area contributed by atoms with E-state index in [0.717, 1.165) is 25.0 Å². The highest BCUT2D eigenvalue weighted by Crippen LogP contribution is 2.34. The van der Waals surface area contributed by atoms with Crippen molar-refractivity contribution in [3.63, 3.8) is 0 Å². The van der Waals surface area contributed by atoms with E-state index in [1.165, 1.54) is 11.3 Å². The lowest BCUT2D eigenvalue weighted by Crippen LogP contribution is -1.82. The fourth-order valence-corrected chi connectivity index (χ4v) is 2.74. The molecule has 2 aromatic rings. The Balaban J connectivity index is 2.88. The predicted octanol–water partition coefficient (Wildman–Crippen LogP) is 3.43. The van der Waals surface area contributed by atoms with Crippen molar-refractivity contribution >= 4 is 51.3 Å². The minimum absolute atomic E-state index is 0.728. The van der Waals surface area contributed by atoms with E-state index in [1.807, 2.05) is 18.2 Å². The second-order valence-corrected chi connectivity index (χ2v) is 4.70. The van der Waals surface area contributed by atoms with E-state index in [4.69, 9.17) is 17.3 Å². The minimum atomic E-state index is 0.728. The maximum absolute atomic E-state index is 5.85. The standard InChI is InChI=1S/C8H6ClNS2/c9-8-3-5-6(11)1-4(10)2-7(5)12-8/h1-3,11H,10H2. The number of thiol groups is 1. The summed E-state index contributed by atoms with van der Waals surface area (Å²) in [5, 5.41) is 1.07. The van der Waals surface area contributed by atoms with Crippen LogP contribution in [0.4, 0.5) is 5.69 Å². The van der Waals surface area contributed by atoms with Gasteiger partial charge in [-0.05, 0) is 18.2 Å². The molecule has 2 N–H and O–H groups in total. The number of fused-ring (bicyclic) bond motifs is 1. The second kappa shape index (κ2) is 2.83. The van der Waals surface area contributed by atoms with Crippen molar-refractivity contribution in [3.05, 3.63) is 22.5 Å². The molecule has 0 aliphatic carbocycles. The van der Waals surface area contributed by atoms with Crippen molar-refractivity contribution < 1.29 is 0 Å². The monoisotopic (exact) mass is 215 g/mol. The largest absolute Gasteiger partial charge is 0.399 e. The molecule has 0 aliphatic rings. The van der Waals surface area contributed by atoms with Crippen molar-refractivity contribution in [2.45, 2.75) is 4.90 Å². The topological polar surface area (TPSA) is 26.0 Å². The molecule has 0 bridgehead atoms. The van der Waals surface area contributed by atoms with Crippen LogP contribution < -0.4 is 5.73 Å². The van der Waals surface area contributed by atoms with E-state index >= 15 is 0 Å². The number of nitrogens with two attached hydrogens (primary N) is 1. The van der Waals surface area contributed by atoms with Crippen molar-refractivity contribution in [2.75, 3.05) is 5.73 Å². The summed E-state index contributed by atoms with van der Waals surface area (Å²) in [6, 6.07) is 5.64. The molecule has 0 spiro atoms. The fourth-order valence-electron chi connectivity index (χ4n) is 1.11. The van der Waals surface area contributed by atoms with Gasteiger partial charge in [-0.1, -0.05) is 11.6 Å². The van der Waals surface area contributed by atoms with Crippen molar-refractivity contribution in [1.82, 2.24) is 0 Å². The predicted molar refractivity (Wildman–Crippen MR) is 58.5 cm³/mol. The molecule has 1 nitrogen and oxygen atoms in total. The maximum atomic E-state index is 5.85. The molecule has 0 saturated carbocycles. The van der Waals surface area contributed by atoms with E-state index < -0.39 is 0 Å². The molecule has 62 valence electrons. The van der Waals surface area contributed by atoms with Crippen LogP contribution in [0.2, 0.25) is 4.34 Å². The Bertz CT molecular complexity index is 436. The Morgan fingerprint density at radius 1 is 1.33 bits per heavy atom. The highest BCUT2D eigenvalue weighted by molar-refractivity contribution is 7.80. The van der Waals surface area contributed by atoms with Crippen LogP contribution in [0.15, 0.2) is 23.1 Å². The average Bonchev–Trinajstić information content (AvgIpc) is 2.29. The quantitative estimate of drug-likeness (QED) is 0.511. The average molecular weight is 216 g/mol. The zero-order chi connectivity index (χ0) is 8.72. The molecule has 0 unspecified atom stereocenters. The third-order valence-electron chi connectivity index (χ3n) is 1.61.